The number of benzene rings is 1. The van der Waals surface area contributed by atoms with Crippen LogP contribution in [0.15, 0.2) is 18.2 Å². The first-order valence-corrected chi connectivity index (χ1v) is 6.12. The predicted molar refractivity (Wildman–Crippen MR) is 72.7 cm³/mol. The molecule has 0 saturated heterocycles. The molecule has 19 heavy (non-hydrogen) atoms. The second-order valence-electron chi connectivity index (χ2n) is 5.00. The van der Waals surface area contributed by atoms with E-state index in [9.17, 15) is 4.79 Å². The number of methoxy groups -OCH3 is 1. The lowest BCUT2D eigenvalue weighted by Gasteiger charge is -2.30. The van der Waals surface area contributed by atoms with Gasteiger partial charge in [0.1, 0.15) is 17.1 Å². The largest absolute Gasteiger partial charge is 0.482 e. The van der Waals surface area contributed by atoms with Gasteiger partial charge in [0.25, 0.3) is 0 Å². The van der Waals surface area contributed by atoms with Gasteiger partial charge in [-0.1, -0.05) is 0 Å². The Morgan fingerprint density at radius 1 is 1.37 bits per heavy atom. The quantitative estimate of drug-likeness (QED) is 0.618. The molecule has 0 spiro atoms. The van der Waals surface area contributed by atoms with Gasteiger partial charge in [0.15, 0.2) is 12.6 Å². The number of rotatable bonds is 4. The summed E-state index contributed by atoms with van der Waals surface area (Å²) >= 11 is 0. The van der Waals surface area contributed by atoms with Crippen LogP contribution in [-0.2, 0) is 4.74 Å². The maximum atomic E-state index is 11.7. The molecule has 0 fully saturated rings. The minimum absolute atomic E-state index is 0.0272. The van der Waals surface area contributed by atoms with Crippen molar-refractivity contribution < 1.29 is 19.0 Å². The molecule has 1 aliphatic rings. The fraction of sp³-hybridized carbons (Fsp3) is 0.400. The number of hydrogen-bond acceptors (Lipinski definition) is 4. The van der Waals surface area contributed by atoms with Crippen molar-refractivity contribution in [2.75, 3.05) is 13.9 Å². The number of ether oxygens (including phenoxy) is 3. The second kappa shape index (κ2) is 5.05. The summed E-state index contributed by atoms with van der Waals surface area (Å²) in [6, 6.07) is 3.49. The van der Waals surface area contributed by atoms with Crippen molar-refractivity contribution in [2.24, 2.45) is 0 Å². The number of Topliss-reactive ketones (excluding diaryl/α,β-unsaturated/α-hetero) is 1. The van der Waals surface area contributed by atoms with Gasteiger partial charge in [-0.2, -0.15) is 0 Å². The van der Waals surface area contributed by atoms with E-state index >= 15 is 0 Å². The van der Waals surface area contributed by atoms with E-state index in [-0.39, 0.29) is 12.6 Å². The van der Waals surface area contributed by atoms with Crippen molar-refractivity contribution in [3.05, 3.63) is 29.3 Å². The molecule has 0 atom stereocenters. The summed E-state index contributed by atoms with van der Waals surface area (Å²) in [5, 5.41) is 0. The van der Waals surface area contributed by atoms with E-state index in [0.717, 1.165) is 5.56 Å². The molecule has 0 aliphatic carbocycles. The van der Waals surface area contributed by atoms with E-state index in [2.05, 4.69) is 0 Å². The van der Waals surface area contributed by atoms with Gasteiger partial charge in [0.2, 0.25) is 0 Å². The molecular formula is C15H18O4. The van der Waals surface area contributed by atoms with E-state index < -0.39 is 5.60 Å². The summed E-state index contributed by atoms with van der Waals surface area (Å²) in [5.74, 6) is 1.20. The monoisotopic (exact) mass is 262 g/mol. The highest BCUT2D eigenvalue weighted by Gasteiger charge is 2.27. The molecule has 0 aromatic heterocycles. The van der Waals surface area contributed by atoms with E-state index in [1.54, 1.807) is 19.2 Å². The summed E-state index contributed by atoms with van der Waals surface area (Å²) in [6.07, 6.45) is 3.87. The molecule has 0 radical (unpaired) electrons. The molecule has 4 nitrogen and oxygen atoms in total. The molecule has 0 bridgehead atoms. The third-order valence-corrected chi connectivity index (χ3v) is 2.88. The zero-order valence-corrected chi connectivity index (χ0v) is 11.6. The Morgan fingerprint density at radius 2 is 2.11 bits per heavy atom. The average Bonchev–Trinajstić information content (AvgIpc) is 2.34. The Morgan fingerprint density at radius 3 is 2.74 bits per heavy atom. The fourth-order valence-electron chi connectivity index (χ4n) is 1.96. The van der Waals surface area contributed by atoms with Crippen LogP contribution in [0.4, 0.5) is 0 Å². The van der Waals surface area contributed by atoms with Crippen LogP contribution in [-0.4, -0.2) is 25.3 Å². The van der Waals surface area contributed by atoms with E-state index in [1.165, 1.54) is 6.92 Å². The molecule has 0 unspecified atom stereocenters. The number of fused-ring (bicyclic) bond motifs is 1. The van der Waals surface area contributed by atoms with Crippen LogP contribution >= 0.6 is 0 Å². The van der Waals surface area contributed by atoms with Crippen LogP contribution in [0.1, 0.15) is 36.7 Å². The third kappa shape index (κ3) is 2.79. The zero-order valence-electron chi connectivity index (χ0n) is 11.6. The second-order valence-corrected chi connectivity index (χ2v) is 5.00. The summed E-state index contributed by atoms with van der Waals surface area (Å²) in [5.41, 5.74) is 0.915. The lowest BCUT2D eigenvalue weighted by atomic mass is 9.98. The smallest absolute Gasteiger partial charge is 0.188 e. The van der Waals surface area contributed by atoms with Crippen LogP contribution in [0.5, 0.6) is 11.5 Å². The Hall–Kier alpha value is -1.81. The summed E-state index contributed by atoms with van der Waals surface area (Å²) in [4.78, 5) is 11.7. The fourth-order valence-corrected chi connectivity index (χ4v) is 1.96. The van der Waals surface area contributed by atoms with Crippen molar-refractivity contribution in [2.45, 2.75) is 26.4 Å². The van der Waals surface area contributed by atoms with Gasteiger partial charge in [0, 0.05) is 7.11 Å². The van der Waals surface area contributed by atoms with Crippen LogP contribution in [0.25, 0.3) is 6.08 Å². The molecule has 0 N–H and O–H groups in total. The van der Waals surface area contributed by atoms with E-state index in [1.807, 2.05) is 26.0 Å². The van der Waals surface area contributed by atoms with Crippen LogP contribution in [0, 0.1) is 0 Å². The molecule has 1 heterocycles. The molecule has 102 valence electrons. The summed E-state index contributed by atoms with van der Waals surface area (Å²) < 4.78 is 16.3. The first-order chi connectivity index (χ1) is 8.94. The van der Waals surface area contributed by atoms with Gasteiger partial charge in [-0.3, -0.25) is 4.79 Å². The van der Waals surface area contributed by atoms with Gasteiger partial charge < -0.3 is 14.2 Å². The lowest BCUT2D eigenvalue weighted by molar-refractivity contribution is 0.0503. The molecule has 4 heteroatoms. The topological polar surface area (TPSA) is 44.8 Å². The normalized spacial score (nSPS) is 15.6. The minimum Gasteiger partial charge on any atom is -0.482 e. The van der Waals surface area contributed by atoms with Crippen molar-refractivity contribution in [3.8, 4) is 11.5 Å². The summed E-state index contributed by atoms with van der Waals surface area (Å²) in [6.45, 7) is 5.57. The Labute approximate surface area is 113 Å². The van der Waals surface area contributed by atoms with Crippen LogP contribution in [0.2, 0.25) is 0 Å². The highest BCUT2D eigenvalue weighted by Crippen LogP contribution is 2.39. The van der Waals surface area contributed by atoms with Crippen LogP contribution < -0.4 is 9.47 Å². The zero-order chi connectivity index (χ0) is 14.0. The molecule has 1 aromatic rings. The maximum Gasteiger partial charge on any atom is 0.188 e. The van der Waals surface area contributed by atoms with Gasteiger partial charge in [-0.25, -0.2) is 0 Å². The van der Waals surface area contributed by atoms with Crippen molar-refractivity contribution in [1.29, 1.82) is 0 Å². The van der Waals surface area contributed by atoms with E-state index in [4.69, 9.17) is 14.2 Å². The minimum atomic E-state index is -0.433. The van der Waals surface area contributed by atoms with Crippen molar-refractivity contribution >= 4 is 11.9 Å². The Balaban J connectivity index is 2.51. The SMILES string of the molecule is COCOc1ccc(C(C)=O)c2c1C=CC(C)(C)O2. The molecule has 0 amide bonds. The Bertz CT molecular complexity index is 529. The van der Waals surface area contributed by atoms with E-state index in [0.29, 0.717) is 17.1 Å². The molecule has 2 rings (SSSR count). The highest BCUT2D eigenvalue weighted by atomic mass is 16.7. The first-order valence-electron chi connectivity index (χ1n) is 6.12. The molecular weight excluding hydrogens is 244 g/mol. The Kier molecular flexibility index (Phi) is 3.62. The molecule has 1 aliphatic heterocycles. The molecule has 1 aromatic carbocycles. The van der Waals surface area contributed by atoms with Crippen molar-refractivity contribution in [1.82, 2.24) is 0 Å². The maximum absolute atomic E-state index is 11.7. The number of carbonyl (C=O) groups is 1. The summed E-state index contributed by atoms with van der Waals surface area (Å²) in [7, 11) is 1.56. The first kappa shape index (κ1) is 13.6. The molecule has 0 saturated carbocycles. The highest BCUT2D eigenvalue weighted by molar-refractivity contribution is 5.98. The number of ketones is 1. The van der Waals surface area contributed by atoms with Gasteiger partial charge >= 0.3 is 0 Å². The van der Waals surface area contributed by atoms with Crippen LogP contribution in [0.3, 0.4) is 0 Å². The average molecular weight is 262 g/mol. The van der Waals surface area contributed by atoms with Gasteiger partial charge in [0.05, 0.1) is 11.1 Å². The third-order valence-electron chi connectivity index (χ3n) is 2.88. The number of hydrogen-bond donors (Lipinski definition) is 0. The van der Waals surface area contributed by atoms with Gasteiger partial charge in [-0.15, -0.1) is 0 Å². The van der Waals surface area contributed by atoms with Crippen molar-refractivity contribution in [3.63, 3.8) is 0 Å². The predicted octanol–water partition coefficient (Wildman–Crippen LogP) is 3.06. The van der Waals surface area contributed by atoms with Gasteiger partial charge in [-0.05, 0) is 45.1 Å². The lowest BCUT2D eigenvalue weighted by Crippen LogP contribution is -2.28. The standard InChI is InChI=1S/C15H18O4/c1-10(16)11-5-6-13(18-9-17-4)12-7-8-15(2,3)19-14(11)12/h5-8H,9H2,1-4H3. The number of carbonyl (C=O) groups excluding carboxylic acids is 1.